The third-order valence-corrected chi connectivity index (χ3v) is 6.94. The van der Waals surface area contributed by atoms with Crippen molar-refractivity contribution in [2.45, 2.75) is 24.9 Å². The van der Waals surface area contributed by atoms with Crippen LogP contribution < -0.4 is 10.9 Å². The average Bonchev–Trinajstić information content (AvgIpc) is 2.80. The second kappa shape index (κ2) is 8.69. The van der Waals surface area contributed by atoms with Crippen LogP contribution in [0.5, 0.6) is 0 Å². The van der Waals surface area contributed by atoms with Gasteiger partial charge in [0, 0.05) is 24.7 Å². The van der Waals surface area contributed by atoms with Gasteiger partial charge in [0.1, 0.15) is 5.82 Å². The van der Waals surface area contributed by atoms with Crippen LogP contribution in [-0.4, -0.2) is 41.3 Å². The van der Waals surface area contributed by atoms with Gasteiger partial charge in [-0.25, -0.2) is 4.98 Å². The van der Waals surface area contributed by atoms with Gasteiger partial charge in [0.15, 0.2) is 5.16 Å². The maximum absolute atomic E-state index is 13.3. The second-order valence-electron chi connectivity index (χ2n) is 8.96. The molecule has 5 rings (SSSR count). The fourth-order valence-electron chi connectivity index (χ4n) is 4.72. The maximum Gasteiger partial charge on any atom is 0.257 e. The van der Waals surface area contributed by atoms with Crippen LogP contribution in [0.1, 0.15) is 33.7 Å². The van der Waals surface area contributed by atoms with Gasteiger partial charge < -0.3 is 10.3 Å². The third kappa shape index (κ3) is 4.16. The minimum Gasteiger partial charge on any atom is -0.339 e. The summed E-state index contributed by atoms with van der Waals surface area (Å²) >= 11 is 1.44. The SMILES string of the molecule is CSc1nc2c(c(=O)[nH]1)C(c1ccc(C)cc1)C1=C(N2)/C(=C/c2ccc(C)cc2)CN(C)C1. The van der Waals surface area contributed by atoms with Gasteiger partial charge in [-0.2, -0.15) is 0 Å². The second-order valence-corrected chi connectivity index (χ2v) is 9.75. The van der Waals surface area contributed by atoms with Gasteiger partial charge in [-0.15, -0.1) is 0 Å². The number of benzene rings is 2. The van der Waals surface area contributed by atoms with Gasteiger partial charge in [0.2, 0.25) is 0 Å². The van der Waals surface area contributed by atoms with Crippen molar-refractivity contribution in [3.63, 3.8) is 0 Å². The molecule has 3 aromatic rings. The van der Waals surface area contributed by atoms with Crippen molar-refractivity contribution in [1.29, 1.82) is 0 Å². The predicted molar refractivity (Wildman–Crippen MR) is 137 cm³/mol. The summed E-state index contributed by atoms with van der Waals surface area (Å²) in [5, 5.41) is 4.19. The van der Waals surface area contributed by atoms with E-state index in [9.17, 15) is 4.79 Å². The number of thioether (sulfide) groups is 1. The largest absolute Gasteiger partial charge is 0.339 e. The summed E-state index contributed by atoms with van der Waals surface area (Å²) in [5.41, 5.74) is 8.86. The summed E-state index contributed by atoms with van der Waals surface area (Å²) < 4.78 is 0. The number of aromatic nitrogens is 2. The number of aryl methyl sites for hydroxylation is 2. The summed E-state index contributed by atoms with van der Waals surface area (Å²) in [5.74, 6) is 0.514. The number of rotatable bonds is 3. The summed E-state index contributed by atoms with van der Waals surface area (Å²) in [4.78, 5) is 23.3. The lowest BCUT2D eigenvalue weighted by Crippen LogP contribution is -2.38. The Morgan fingerprint density at radius 3 is 2.36 bits per heavy atom. The number of nitrogens with zero attached hydrogens (tertiary/aromatic N) is 2. The molecule has 2 N–H and O–H groups in total. The molecule has 0 amide bonds. The van der Waals surface area contributed by atoms with Crippen LogP contribution in [0.15, 0.2) is 75.3 Å². The van der Waals surface area contributed by atoms with Crippen molar-refractivity contribution in [3.8, 4) is 0 Å². The fraction of sp³-hybridized carbons (Fsp3) is 0.259. The molecule has 2 aliphatic heterocycles. The first-order valence-corrected chi connectivity index (χ1v) is 12.4. The Kier molecular flexibility index (Phi) is 5.72. The van der Waals surface area contributed by atoms with Gasteiger partial charge in [-0.3, -0.25) is 9.69 Å². The van der Waals surface area contributed by atoms with E-state index in [1.807, 2.05) is 6.26 Å². The summed E-state index contributed by atoms with van der Waals surface area (Å²) in [6.07, 6.45) is 4.17. The van der Waals surface area contributed by atoms with Crippen LogP contribution in [-0.2, 0) is 0 Å². The van der Waals surface area contributed by atoms with Crippen LogP contribution in [0.4, 0.5) is 5.82 Å². The van der Waals surface area contributed by atoms with E-state index in [2.05, 4.69) is 90.7 Å². The molecule has 33 heavy (non-hydrogen) atoms. The topological polar surface area (TPSA) is 61.0 Å². The molecule has 0 fully saturated rings. The van der Waals surface area contributed by atoms with Crippen molar-refractivity contribution in [1.82, 2.24) is 14.9 Å². The number of aromatic amines is 1. The molecule has 0 aliphatic carbocycles. The Balaban J connectivity index is 1.72. The van der Waals surface area contributed by atoms with E-state index in [0.29, 0.717) is 16.5 Å². The molecular weight excluding hydrogens is 428 g/mol. The van der Waals surface area contributed by atoms with E-state index in [4.69, 9.17) is 4.98 Å². The first-order chi connectivity index (χ1) is 15.9. The van der Waals surface area contributed by atoms with Crippen molar-refractivity contribution >= 4 is 23.7 Å². The number of nitrogens with one attached hydrogen (secondary N) is 2. The molecule has 1 aromatic heterocycles. The van der Waals surface area contributed by atoms with Crippen molar-refractivity contribution in [2.24, 2.45) is 0 Å². The Bertz CT molecular complexity index is 1320. The van der Waals surface area contributed by atoms with Crippen LogP contribution in [0.2, 0.25) is 0 Å². The molecule has 0 bridgehead atoms. The molecule has 168 valence electrons. The fourth-order valence-corrected chi connectivity index (χ4v) is 5.10. The van der Waals surface area contributed by atoms with E-state index in [0.717, 1.165) is 24.4 Å². The molecule has 1 atom stereocenters. The van der Waals surface area contributed by atoms with Crippen LogP contribution in [0, 0.1) is 13.8 Å². The lowest BCUT2D eigenvalue weighted by molar-refractivity contribution is 0.375. The average molecular weight is 457 g/mol. The molecule has 2 aromatic carbocycles. The summed E-state index contributed by atoms with van der Waals surface area (Å²) in [6.45, 7) is 5.80. The van der Waals surface area contributed by atoms with E-state index < -0.39 is 0 Å². The van der Waals surface area contributed by atoms with E-state index in [1.54, 1.807) is 0 Å². The van der Waals surface area contributed by atoms with Crippen LogP contribution >= 0.6 is 11.8 Å². The minimum atomic E-state index is -0.145. The van der Waals surface area contributed by atoms with Crippen molar-refractivity contribution < 1.29 is 0 Å². The highest BCUT2D eigenvalue weighted by molar-refractivity contribution is 7.98. The smallest absolute Gasteiger partial charge is 0.257 e. The molecule has 0 radical (unpaired) electrons. The predicted octanol–water partition coefficient (Wildman–Crippen LogP) is 4.95. The highest BCUT2D eigenvalue weighted by Crippen LogP contribution is 2.43. The zero-order valence-corrected chi connectivity index (χ0v) is 20.2. The molecule has 0 saturated heterocycles. The van der Waals surface area contributed by atoms with Gasteiger partial charge in [-0.05, 0) is 55.5 Å². The van der Waals surface area contributed by atoms with E-state index in [-0.39, 0.29) is 11.5 Å². The van der Waals surface area contributed by atoms with Crippen LogP contribution in [0.25, 0.3) is 6.08 Å². The van der Waals surface area contributed by atoms with E-state index >= 15 is 0 Å². The lowest BCUT2D eigenvalue weighted by atomic mass is 9.79. The minimum absolute atomic E-state index is 0.0775. The van der Waals surface area contributed by atoms with Gasteiger partial charge in [0.25, 0.3) is 5.56 Å². The molecule has 2 aliphatic rings. The third-order valence-electron chi connectivity index (χ3n) is 6.36. The lowest BCUT2D eigenvalue weighted by Gasteiger charge is -2.38. The monoisotopic (exact) mass is 456 g/mol. The number of H-pyrrole nitrogens is 1. The van der Waals surface area contributed by atoms with Crippen molar-refractivity contribution in [2.75, 3.05) is 31.7 Å². The highest BCUT2D eigenvalue weighted by atomic mass is 32.2. The van der Waals surface area contributed by atoms with Gasteiger partial charge in [0.05, 0.1) is 5.56 Å². The Labute approximate surface area is 198 Å². The quantitative estimate of drug-likeness (QED) is 0.431. The summed E-state index contributed by atoms with van der Waals surface area (Å²) in [6, 6.07) is 17.1. The van der Waals surface area contributed by atoms with Gasteiger partial charge >= 0.3 is 0 Å². The number of anilines is 1. The zero-order valence-electron chi connectivity index (χ0n) is 19.4. The first kappa shape index (κ1) is 21.7. The van der Waals surface area contributed by atoms with Gasteiger partial charge in [-0.1, -0.05) is 71.4 Å². The molecule has 3 heterocycles. The molecule has 0 spiro atoms. The number of hydrogen-bond donors (Lipinski definition) is 2. The zero-order chi connectivity index (χ0) is 23.1. The number of hydrogen-bond acceptors (Lipinski definition) is 5. The maximum atomic E-state index is 13.3. The number of likely N-dealkylation sites (N-methyl/N-ethyl adjacent to an activating group) is 1. The standard InChI is InChI=1S/C27H28N4OS/c1-16-5-9-18(10-6-16)13-20-14-31(3)15-21-22(19-11-7-17(2)8-12-19)23-25(28-24(20)21)29-27(33-4)30-26(23)32/h5-13,22H,14-15H2,1-4H3,(H2,28,29,30,32)/b20-13+. The Morgan fingerprint density at radius 1 is 1.03 bits per heavy atom. The molecule has 6 heteroatoms. The van der Waals surface area contributed by atoms with Crippen LogP contribution in [0.3, 0.4) is 0 Å². The first-order valence-electron chi connectivity index (χ1n) is 11.1. The van der Waals surface area contributed by atoms with Crippen molar-refractivity contribution in [3.05, 3.63) is 104 Å². The van der Waals surface area contributed by atoms with E-state index in [1.165, 1.54) is 39.6 Å². The molecule has 5 nitrogen and oxygen atoms in total. The molecule has 0 saturated carbocycles. The Hall–Kier alpha value is -3.09. The number of fused-ring (bicyclic) bond motifs is 1. The normalized spacial score (nSPS) is 19.3. The Morgan fingerprint density at radius 2 is 1.70 bits per heavy atom. The summed E-state index contributed by atoms with van der Waals surface area (Å²) in [7, 11) is 2.13. The highest BCUT2D eigenvalue weighted by Gasteiger charge is 2.36. The molecular formula is C27H28N4OS. The molecule has 1 unspecified atom stereocenters.